The van der Waals surface area contributed by atoms with Gasteiger partial charge < -0.3 is 81.3 Å². The van der Waals surface area contributed by atoms with Gasteiger partial charge in [-0.1, -0.05) is 0 Å². The first-order valence-electron chi connectivity index (χ1n) is 7.41. The molecule has 0 amide bonds. The van der Waals surface area contributed by atoms with E-state index in [0.29, 0.717) is 0 Å². The summed E-state index contributed by atoms with van der Waals surface area (Å²) in [5.41, 5.74) is -3.36. The molecule has 2 aromatic rings. The molecule has 5 N–H and O–H groups in total. The molecule has 2 aromatic carbocycles. The first kappa shape index (κ1) is 50.5. The fourth-order valence-corrected chi connectivity index (χ4v) is 1.96. The summed E-state index contributed by atoms with van der Waals surface area (Å²) >= 11 is 0. The molecule has 0 aliphatic heterocycles. The van der Waals surface area contributed by atoms with Gasteiger partial charge in [0.15, 0.2) is 0 Å². The van der Waals surface area contributed by atoms with Gasteiger partial charge in [-0.25, -0.2) is 0 Å². The molecule has 0 aliphatic carbocycles. The van der Waals surface area contributed by atoms with E-state index in [1.54, 1.807) is 0 Å². The molecule has 0 saturated carbocycles. The van der Waals surface area contributed by atoms with Crippen molar-refractivity contribution in [1.82, 2.24) is 0 Å². The number of carbonyl (C=O) groups is 6. The van der Waals surface area contributed by atoms with Crippen molar-refractivity contribution < 1.29 is 133 Å². The smallest absolute Gasteiger partial charge is 2.00 e. The second kappa shape index (κ2) is 21.9. The van der Waals surface area contributed by atoms with E-state index in [0.717, 1.165) is 36.4 Å². The van der Waals surface area contributed by atoms with Crippen LogP contribution in [0.15, 0.2) is 36.4 Å². The molecule has 0 heterocycles. The van der Waals surface area contributed by atoms with E-state index in [2.05, 4.69) is 0 Å². The van der Waals surface area contributed by atoms with Crippen LogP contribution in [0, 0.1) is 0 Å². The van der Waals surface area contributed by atoms with Crippen LogP contribution in [0.25, 0.3) is 0 Å². The van der Waals surface area contributed by atoms with Gasteiger partial charge >= 0.3 is 51.2 Å². The summed E-state index contributed by atoms with van der Waals surface area (Å²) in [6.07, 6.45) is 0. The third-order valence-corrected chi connectivity index (χ3v) is 3.28. The molecule has 2 rings (SSSR count). The Bertz CT molecular complexity index is 843. The van der Waals surface area contributed by atoms with E-state index in [9.17, 15) is 59.4 Å². The Morgan fingerprint density at radius 2 is 0.459 bits per heavy atom. The van der Waals surface area contributed by atoms with Gasteiger partial charge in [0.2, 0.25) is 0 Å². The van der Waals surface area contributed by atoms with Gasteiger partial charge in [0.05, 0.1) is 35.8 Å². The molecule has 0 fully saturated rings. The van der Waals surface area contributed by atoms with E-state index in [4.69, 9.17) is 0 Å². The number of carboxylic acids is 6. The molecule has 0 unspecified atom stereocenters. The molecule has 0 aromatic heterocycles. The number of hydrogen-bond acceptors (Lipinski definition) is 13. The monoisotopic (exact) mass is 651 g/mol. The van der Waals surface area contributed by atoms with Crippen molar-refractivity contribution in [3.8, 4) is 0 Å². The minimum atomic E-state index is -1.68. The molecule has 203 valence electrons. The van der Waals surface area contributed by atoms with Crippen LogP contribution >= 0.6 is 0 Å². The van der Waals surface area contributed by atoms with E-state index in [-0.39, 0.29) is 73.1 Å². The van der Waals surface area contributed by atoms with Crippen molar-refractivity contribution >= 4 is 35.8 Å². The maximum atomic E-state index is 10.4. The number of carboxylic acid groups (broad SMARTS) is 6. The van der Waals surface area contributed by atoms with Gasteiger partial charge in [-0.3, -0.25) is 0 Å². The standard InChI is InChI=1S/2C9H6O6.3Fe.3H2O.O/c2*10-7(11)4-1-5(8(12)13)3-6(2-4)9(14)15;;;;;;;/h2*1-3H,(H,10,11)(H,12,13)(H,14,15);;;;3*1H2;/q;;3*+3;;;;-2/p-7. The minimum absolute atomic E-state index is 0. The fraction of sp³-hybridized carbons (Fsp3) is 0. The molecule has 0 spiro atoms. The molecular formula is C18H11Fe3O16. The van der Waals surface area contributed by atoms with Crippen LogP contribution in [0.5, 0.6) is 0 Å². The molecule has 0 aliphatic rings. The number of rotatable bonds is 6. The average molecular weight is 651 g/mol. The zero-order valence-electron chi connectivity index (χ0n) is 17.3. The molecule has 37 heavy (non-hydrogen) atoms. The van der Waals surface area contributed by atoms with Crippen molar-refractivity contribution in [3.05, 3.63) is 69.8 Å². The largest absolute Gasteiger partial charge is 3.00 e. The van der Waals surface area contributed by atoms with Crippen molar-refractivity contribution in [3.63, 3.8) is 0 Å². The van der Waals surface area contributed by atoms with Crippen molar-refractivity contribution in [2.24, 2.45) is 0 Å². The molecule has 0 bridgehead atoms. The third kappa shape index (κ3) is 15.4. The fourth-order valence-electron chi connectivity index (χ4n) is 1.96. The Labute approximate surface area is 237 Å². The summed E-state index contributed by atoms with van der Waals surface area (Å²) in [5.74, 6) is -10.1. The van der Waals surface area contributed by atoms with Crippen LogP contribution in [0.2, 0.25) is 0 Å². The summed E-state index contributed by atoms with van der Waals surface area (Å²) in [4.78, 5) is 62.5. The summed E-state index contributed by atoms with van der Waals surface area (Å²) in [6.45, 7) is 0. The maximum absolute atomic E-state index is 10.4. The Balaban J connectivity index is -0.0000000818. The van der Waals surface area contributed by atoms with Gasteiger partial charge in [-0.15, -0.1) is 0 Å². The molecule has 19 heteroatoms. The summed E-state index contributed by atoms with van der Waals surface area (Å²) in [5, 5.41) is 62.5. The van der Waals surface area contributed by atoms with Crippen LogP contribution < -0.4 is 30.6 Å². The molecule has 16 nitrogen and oxygen atoms in total. The van der Waals surface area contributed by atoms with Crippen LogP contribution in [-0.4, -0.2) is 52.2 Å². The van der Waals surface area contributed by atoms with Crippen LogP contribution in [-0.2, 0) is 56.7 Å². The topological polar surface area (TPSA) is 362 Å². The van der Waals surface area contributed by atoms with Gasteiger partial charge in [-0.2, -0.15) is 0 Å². The van der Waals surface area contributed by atoms with Gasteiger partial charge in [0.1, 0.15) is 0 Å². The molecule has 0 saturated heterocycles. The number of hydrogen-bond donors (Lipinski definition) is 0. The zero-order valence-corrected chi connectivity index (χ0v) is 20.6. The van der Waals surface area contributed by atoms with E-state index >= 15 is 0 Å². The Hall–Kier alpha value is -3.34. The predicted octanol–water partition coefficient (Wildman–Crippen LogP) is -8.40. The molecule has 0 atom stereocenters. The Morgan fingerprint density at radius 3 is 0.514 bits per heavy atom. The van der Waals surface area contributed by atoms with E-state index in [1.165, 1.54) is 0 Å². The third-order valence-electron chi connectivity index (χ3n) is 3.28. The summed E-state index contributed by atoms with van der Waals surface area (Å²) in [7, 11) is 0. The first-order chi connectivity index (χ1) is 13.8. The van der Waals surface area contributed by atoms with E-state index < -0.39 is 69.2 Å². The van der Waals surface area contributed by atoms with Crippen LogP contribution in [0.1, 0.15) is 62.1 Å². The Kier molecular flexibility index (Phi) is 29.9. The van der Waals surface area contributed by atoms with Crippen molar-refractivity contribution in [2.45, 2.75) is 0 Å². The van der Waals surface area contributed by atoms with Gasteiger partial charge in [0, 0.05) is 0 Å². The molecular weight excluding hydrogens is 640 g/mol. The predicted molar refractivity (Wildman–Crippen MR) is 88.7 cm³/mol. The summed E-state index contributed by atoms with van der Waals surface area (Å²) < 4.78 is 0. The summed E-state index contributed by atoms with van der Waals surface area (Å²) in [6, 6.07) is 4.48. The minimum Gasteiger partial charge on any atom is -2.00 e. The quantitative estimate of drug-likeness (QED) is 0.262. The SMILES string of the molecule is O.O.O=C([O-])c1cc(C(=O)[O-])cc(C(=O)[O-])c1.O=C([O-])c1cc(C(=O)[O-])cc(C(=O)[O-])c1.[Fe+3].[Fe+3].[Fe+3].[O-2].[OH-]. The second-order valence-corrected chi connectivity index (χ2v) is 5.32. The van der Waals surface area contributed by atoms with Gasteiger partial charge in [0.25, 0.3) is 0 Å². The van der Waals surface area contributed by atoms with Crippen molar-refractivity contribution in [1.29, 1.82) is 0 Å². The number of benzene rings is 2. The first-order valence-corrected chi connectivity index (χ1v) is 7.41. The average Bonchev–Trinajstić information content (AvgIpc) is 2.67. The maximum Gasteiger partial charge on any atom is 3.00 e. The second-order valence-electron chi connectivity index (χ2n) is 5.32. The number of aromatic carboxylic acids is 6. The number of carbonyl (C=O) groups excluding carboxylic acids is 6. The Morgan fingerprint density at radius 1 is 0.378 bits per heavy atom. The van der Waals surface area contributed by atoms with Gasteiger partial charge in [-0.05, 0) is 69.8 Å². The van der Waals surface area contributed by atoms with Crippen molar-refractivity contribution in [2.75, 3.05) is 0 Å². The van der Waals surface area contributed by atoms with E-state index in [1.807, 2.05) is 0 Å². The van der Waals surface area contributed by atoms with Crippen LogP contribution in [0.3, 0.4) is 0 Å². The van der Waals surface area contributed by atoms with Crippen LogP contribution in [0.4, 0.5) is 0 Å². The zero-order chi connectivity index (χ0) is 23.2. The molecule has 3 radical (unpaired) electrons. The normalized spacial score (nSPS) is 7.78.